The molecule has 68 valence electrons. The Balaban J connectivity index is 2.94. The molecule has 0 aliphatic rings. The van der Waals surface area contributed by atoms with Crippen LogP contribution in [0.5, 0.6) is 0 Å². The number of rotatable bonds is 2. The lowest BCUT2D eigenvalue weighted by atomic mass is 9.99. The van der Waals surface area contributed by atoms with Crippen LogP contribution in [0.4, 0.5) is 0 Å². The van der Waals surface area contributed by atoms with Gasteiger partial charge in [0.05, 0.1) is 0 Å². The van der Waals surface area contributed by atoms with Gasteiger partial charge in [-0.2, -0.15) is 0 Å². The van der Waals surface area contributed by atoms with Crippen molar-refractivity contribution in [2.24, 2.45) is 0 Å². The zero-order chi connectivity index (χ0) is 9.97. The van der Waals surface area contributed by atoms with Gasteiger partial charge in [0.15, 0.2) is 0 Å². The summed E-state index contributed by atoms with van der Waals surface area (Å²) in [6.45, 7) is 7.64. The Labute approximate surface area is 84.2 Å². The van der Waals surface area contributed by atoms with E-state index in [4.69, 9.17) is 0 Å². The average molecular weight is 180 g/mol. The molecule has 14 heavy (non-hydrogen) atoms. The first-order chi connectivity index (χ1) is 6.86. The van der Waals surface area contributed by atoms with Gasteiger partial charge in [0, 0.05) is 0 Å². The van der Waals surface area contributed by atoms with E-state index in [0.717, 1.165) is 11.1 Å². The molecule has 0 aliphatic carbocycles. The fourth-order valence-electron chi connectivity index (χ4n) is 1.74. The molecule has 0 heterocycles. The first-order valence-corrected chi connectivity index (χ1v) is 4.63. The molecule has 0 aliphatic heterocycles. The summed E-state index contributed by atoms with van der Waals surface area (Å²) in [7, 11) is 0. The molecule has 0 bridgehead atoms. The summed E-state index contributed by atoms with van der Waals surface area (Å²) in [5, 5.41) is 2.47. The number of fused-ring (bicyclic) bond motifs is 1. The third kappa shape index (κ3) is 1.25. The van der Waals surface area contributed by atoms with E-state index in [9.17, 15) is 0 Å². The molecule has 0 unspecified atom stereocenters. The van der Waals surface area contributed by atoms with Gasteiger partial charge in [0.2, 0.25) is 0 Å². The van der Waals surface area contributed by atoms with Gasteiger partial charge in [-0.1, -0.05) is 61.7 Å². The highest BCUT2D eigenvalue weighted by Crippen LogP contribution is 2.24. The van der Waals surface area contributed by atoms with Crippen LogP contribution in [0.15, 0.2) is 49.6 Å². The molecule has 2 aromatic carbocycles. The highest BCUT2D eigenvalue weighted by atomic mass is 14.0. The van der Waals surface area contributed by atoms with Crippen molar-refractivity contribution in [3.05, 3.63) is 60.7 Å². The maximum absolute atomic E-state index is 3.82. The molecule has 0 heteroatoms. The third-order valence-corrected chi connectivity index (χ3v) is 2.41. The molecule has 0 saturated heterocycles. The van der Waals surface area contributed by atoms with E-state index in [1.165, 1.54) is 10.8 Å². The summed E-state index contributed by atoms with van der Waals surface area (Å²) < 4.78 is 0. The number of benzene rings is 2. The van der Waals surface area contributed by atoms with Gasteiger partial charge in [-0.3, -0.25) is 0 Å². The molecule has 0 amide bonds. The van der Waals surface area contributed by atoms with Crippen molar-refractivity contribution in [2.75, 3.05) is 0 Å². The van der Waals surface area contributed by atoms with E-state index in [2.05, 4.69) is 37.4 Å². The zero-order valence-corrected chi connectivity index (χ0v) is 8.03. The second kappa shape index (κ2) is 3.51. The molecule has 0 saturated carbocycles. The quantitative estimate of drug-likeness (QED) is 0.652. The van der Waals surface area contributed by atoms with Gasteiger partial charge < -0.3 is 0 Å². The Kier molecular flexibility index (Phi) is 2.19. The fraction of sp³-hybridized carbons (Fsp3) is 0. The van der Waals surface area contributed by atoms with Crippen molar-refractivity contribution in [3.8, 4) is 0 Å². The Morgan fingerprint density at radius 3 is 1.71 bits per heavy atom. The Morgan fingerprint density at radius 1 is 0.786 bits per heavy atom. The summed E-state index contributed by atoms with van der Waals surface area (Å²) >= 11 is 0. The van der Waals surface area contributed by atoms with Crippen molar-refractivity contribution in [1.82, 2.24) is 0 Å². The summed E-state index contributed by atoms with van der Waals surface area (Å²) in [4.78, 5) is 0. The first-order valence-electron chi connectivity index (χ1n) is 4.63. The molecule has 0 N–H and O–H groups in total. The van der Waals surface area contributed by atoms with E-state index < -0.39 is 0 Å². The molecule has 0 spiro atoms. The van der Waals surface area contributed by atoms with E-state index in [0.29, 0.717) is 0 Å². The van der Waals surface area contributed by atoms with Gasteiger partial charge in [0.1, 0.15) is 0 Å². The van der Waals surface area contributed by atoms with E-state index in [1.54, 1.807) is 0 Å². The van der Waals surface area contributed by atoms with E-state index >= 15 is 0 Å². The van der Waals surface area contributed by atoms with Crippen LogP contribution in [0.3, 0.4) is 0 Å². The molecular weight excluding hydrogens is 168 g/mol. The summed E-state index contributed by atoms with van der Waals surface area (Å²) in [5.74, 6) is 0. The van der Waals surface area contributed by atoms with Crippen LogP contribution in [-0.4, -0.2) is 0 Å². The van der Waals surface area contributed by atoms with Crippen LogP contribution in [0.1, 0.15) is 11.1 Å². The zero-order valence-electron chi connectivity index (χ0n) is 8.03. The van der Waals surface area contributed by atoms with Gasteiger partial charge in [-0.15, -0.1) is 0 Å². The van der Waals surface area contributed by atoms with Crippen LogP contribution < -0.4 is 0 Å². The minimum Gasteiger partial charge on any atom is -0.0984 e. The van der Waals surface area contributed by atoms with Crippen LogP contribution in [0, 0.1) is 0 Å². The summed E-state index contributed by atoms with van der Waals surface area (Å²) in [5.41, 5.74) is 2.33. The van der Waals surface area contributed by atoms with E-state index in [1.807, 2.05) is 24.3 Å². The van der Waals surface area contributed by atoms with Crippen LogP contribution in [0.25, 0.3) is 22.9 Å². The highest BCUT2D eigenvalue weighted by molar-refractivity contribution is 5.96. The molecule has 0 radical (unpaired) electrons. The number of hydrogen-bond donors (Lipinski definition) is 0. The van der Waals surface area contributed by atoms with Crippen molar-refractivity contribution in [2.45, 2.75) is 0 Å². The van der Waals surface area contributed by atoms with Crippen LogP contribution in [-0.2, 0) is 0 Å². The maximum atomic E-state index is 3.82. The Hall–Kier alpha value is -1.82. The standard InChI is InChI=1S/C14H12/c1-3-11-7-5-9-13-10-6-8-12(4-2)14(11)13/h3-10H,1-2H2. The van der Waals surface area contributed by atoms with Gasteiger partial charge in [0.25, 0.3) is 0 Å². The fourth-order valence-corrected chi connectivity index (χ4v) is 1.74. The second-order valence-corrected chi connectivity index (χ2v) is 3.20. The average Bonchev–Trinajstić information content (AvgIpc) is 2.27. The highest BCUT2D eigenvalue weighted by Gasteiger charge is 2.00. The molecular formula is C14H12. The van der Waals surface area contributed by atoms with Gasteiger partial charge in [-0.05, 0) is 21.9 Å². The van der Waals surface area contributed by atoms with Crippen molar-refractivity contribution >= 4 is 22.9 Å². The molecule has 2 rings (SSSR count). The SMILES string of the molecule is C=Cc1cccc2cccc(C=C)c12. The van der Waals surface area contributed by atoms with Crippen molar-refractivity contribution in [1.29, 1.82) is 0 Å². The normalized spacial score (nSPS) is 10.0. The largest absolute Gasteiger partial charge is 0.0984 e. The minimum atomic E-state index is 1.16. The smallest absolute Gasteiger partial charge is 0.00393 e. The maximum Gasteiger partial charge on any atom is -0.00393 e. The number of hydrogen-bond acceptors (Lipinski definition) is 0. The summed E-state index contributed by atoms with van der Waals surface area (Å²) in [6, 6.07) is 12.5. The predicted octanol–water partition coefficient (Wildman–Crippen LogP) is 4.13. The first kappa shape index (κ1) is 8.76. The van der Waals surface area contributed by atoms with Crippen molar-refractivity contribution in [3.63, 3.8) is 0 Å². The third-order valence-electron chi connectivity index (χ3n) is 2.41. The van der Waals surface area contributed by atoms with Crippen molar-refractivity contribution < 1.29 is 0 Å². The van der Waals surface area contributed by atoms with Crippen LogP contribution in [0.2, 0.25) is 0 Å². The minimum absolute atomic E-state index is 1.16. The lowest BCUT2D eigenvalue weighted by Crippen LogP contribution is -1.81. The topological polar surface area (TPSA) is 0 Å². The summed E-state index contributed by atoms with van der Waals surface area (Å²) in [6.07, 6.45) is 3.77. The van der Waals surface area contributed by atoms with Crippen LogP contribution >= 0.6 is 0 Å². The predicted molar refractivity (Wildman–Crippen MR) is 64.1 cm³/mol. The molecule has 0 nitrogen and oxygen atoms in total. The lowest BCUT2D eigenvalue weighted by Gasteiger charge is -2.05. The Morgan fingerprint density at radius 2 is 1.29 bits per heavy atom. The molecule has 0 fully saturated rings. The molecule has 0 atom stereocenters. The molecule has 0 aromatic heterocycles. The van der Waals surface area contributed by atoms with Gasteiger partial charge >= 0.3 is 0 Å². The van der Waals surface area contributed by atoms with Gasteiger partial charge in [-0.25, -0.2) is 0 Å². The Bertz CT molecular complexity index is 450. The lowest BCUT2D eigenvalue weighted by molar-refractivity contribution is 1.69. The molecule has 2 aromatic rings. The van der Waals surface area contributed by atoms with E-state index in [-0.39, 0.29) is 0 Å². The monoisotopic (exact) mass is 180 g/mol. The second-order valence-electron chi connectivity index (χ2n) is 3.20.